The molecule has 3 aromatic heterocycles. The second kappa shape index (κ2) is 44.2. The lowest BCUT2D eigenvalue weighted by atomic mass is 10.3. The monoisotopic (exact) mass is 2050 g/mol. The normalized spacial score (nSPS) is 14.6. The van der Waals surface area contributed by atoms with E-state index in [0.29, 0.717) is 96.6 Å². The van der Waals surface area contributed by atoms with Crippen molar-refractivity contribution < 1.29 is 90.7 Å². The lowest BCUT2D eigenvalue weighted by Gasteiger charge is -2.19. The summed E-state index contributed by atoms with van der Waals surface area (Å²) in [5, 5.41) is 4.12. The molecule has 3 N–H and O–H groups in total. The van der Waals surface area contributed by atoms with Crippen molar-refractivity contribution in [1.82, 2.24) is 16.4 Å². The molecule has 0 aliphatic carbocycles. The molecular formula is C69H81Br3Cl3N9O18S12. The van der Waals surface area contributed by atoms with Crippen molar-refractivity contribution in [3.8, 4) is 0 Å². The predicted molar refractivity (Wildman–Crippen MR) is 469 cm³/mol. The van der Waals surface area contributed by atoms with Gasteiger partial charge in [0.2, 0.25) is 34.2 Å². The summed E-state index contributed by atoms with van der Waals surface area (Å²) in [5.74, 6) is -3.84. The first-order chi connectivity index (χ1) is 53.6. The van der Waals surface area contributed by atoms with Crippen LogP contribution >= 0.6 is 152 Å². The Bertz CT molecular complexity index is 5180. The number of nitrogens with zero attached hydrogens (tertiary/aromatic N) is 6. The molecule has 3 aliphatic rings. The Labute approximate surface area is 730 Å². The van der Waals surface area contributed by atoms with Crippen molar-refractivity contribution >= 4 is 279 Å². The van der Waals surface area contributed by atoms with Gasteiger partial charge in [-0.2, -0.15) is 68.2 Å². The molecule has 27 nitrogen and oxygen atoms in total. The highest BCUT2D eigenvalue weighted by atomic mass is 79.9. The summed E-state index contributed by atoms with van der Waals surface area (Å²) in [7, 11) is -25.9. The second-order valence-electron chi connectivity index (χ2n) is 24.2. The zero-order chi connectivity index (χ0) is 84.3. The van der Waals surface area contributed by atoms with E-state index in [9.17, 15) is 64.2 Å². The van der Waals surface area contributed by atoms with Gasteiger partial charge in [-0.1, -0.05) is 253 Å². The number of aromatic nitrogens is 3. The number of hydroxylamine groups is 3. The van der Waals surface area contributed by atoms with Crippen molar-refractivity contribution in [2.75, 3.05) is 52.0 Å². The third-order valence-corrected chi connectivity index (χ3v) is 28.5. The van der Waals surface area contributed by atoms with E-state index in [1.165, 1.54) is 131 Å². The standard InChI is InChI=1S/C19H17Br2N3O6S4.C19H17BrClN3O6S4.C19H17Cl2N3O6S4.3C4H10/c3*1-2-22-30-34(28,29)11-24-15-8-13(21)4-6-17(15)32-19(24)9-18-23(10-33(25,26)27)14-7-12(20)3-5-16(14)31-18;3*1-3-4-2/h3*3-9,22H,2,10-11H2,1H3;3*3-4H2,1-2H3. The minimum atomic E-state index is -4.63. The van der Waals surface area contributed by atoms with Crippen LogP contribution in [0.4, 0.5) is 17.1 Å². The molecule has 114 heavy (non-hydrogen) atoms. The number of thioether (sulfide) groups is 3. The van der Waals surface area contributed by atoms with Gasteiger partial charge >= 0.3 is 30.4 Å². The van der Waals surface area contributed by atoms with E-state index in [-0.39, 0.29) is 6.54 Å². The molecule has 45 heteroatoms. The van der Waals surface area contributed by atoms with Gasteiger partial charge in [-0.3, -0.25) is 0 Å². The van der Waals surface area contributed by atoms with Gasteiger partial charge in [-0.25, -0.2) is 25.3 Å². The van der Waals surface area contributed by atoms with Crippen LogP contribution in [0.3, 0.4) is 0 Å². The first-order valence-corrected chi connectivity index (χ1v) is 52.5. The summed E-state index contributed by atoms with van der Waals surface area (Å²) < 4.78 is 203. The van der Waals surface area contributed by atoms with Crippen LogP contribution in [0.25, 0.3) is 48.9 Å². The van der Waals surface area contributed by atoms with E-state index in [1.807, 2.05) is 36.4 Å². The van der Waals surface area contributed by atoms with Crippen molar-refractivity contribution in [2.45, 2.75) is 133 Å². The average Bonchev–Trinajstić information content (AvgIpc) is 1.63. The number of thiazole rings is 3. The lowest BCUT2D eigenvalue weighted by molar-refractivity contribution is -0.649. The molecule has 6 aromatic carbocycles. The number of rotatable bonds is 27. The van der Waals surface area contributed by atoms with Gasteiger partial charge < -0.3 is 28.4 Å². The number of anilines is 3. The van der Waals surface area contributed by atoms with Crippen molar-refractivity contribution in [3.63, 3.8) is 0 Å². The van der Waals surface area contributed by atoms with Crippen molar-refractivity contribution in [3.05, 3.63) is 168 Å². The molecular weight excluding hydrogens is 1970 g/mol. The van der Waals surface area contributed by atoms with Crippen LogP contribution in [0, 0.1) is 0 Å². The van der Waals surface area contributed by atoms with E-state index < -0.39 is 96.0 Å². The van der Waals surface area contributed by atoms with E-state index in [1.54, 1.807) is 117 Å². The van der Waals surface area contributed by atoms with Gasteiger partial charge in [0.25, 0.3) is 15.0 Å². The third kappa shape index (κ3) is 29.3. The van der Waals surface area contributed by atoms with Crippen LogP contribution in [-0.4, -0.2) is 101 Å². The van der Waals surface area contributed by atoms with Gasteiger partial charge in [-0.05, 0) is 91.0 Å². The molecule has 12 rings (SSSR count). The smallest absolute Gasteiger partial charge is 0.302 e. The van der Waals surface area contributed by atoms with Crippen LogP contribution in [0.15, 0.2) is 152 Å². The Kier molecular flexibility index (Phi) is 37.8. The molecule has 0 unspecified atom stereocenters. The number of unbranched alkanes of at least 4 members (excludes halogenated alkanes) is 3. The van der Waals surface area contributed by atoms with E-state index >= 15 is 0 Å². The van der Waals surface area contributed by atoms with Gasteiger partial charge in [-0.15, -0.1) is 0 Å². The van der Waals surface area contributed by atoms with Crippen LogP contribution in [0.2, 0.25) is 15.1 Å². The number of fused-ring (bicyclic) bond motifs is 6. The molecule has 0 bridgehead atoms. The number of hydrogen-bond donors (Lipinski definition) is 3. The topological polar surface area (TPSA) is 359 Å². The summed E-state index contributed by atoms with van der Waals surface area (Å²) in [4.78, 5) is 6.94. The van der Waals surface area contributed by atoms with E-state index in [4.69, 9.17) is 47.7 Å². The Morgan fingerprint density at radius 3 is 0.930 bits per heavy atom. The summed E-state index contributed by atoms with van der Waals surface area (Å²) >= 11 is 36.3. The molecule has 0 saturated carbocycles. The minimum Gasteiger partial charge on any atom is -0.743 e. The van der Waals surface area contributed by atoms with Gasteiger partial charge in [0.1, 0.15) is 14.1 Å². The summed E-state index contributed by atoms with van der Waals surface area (Å²) in [6.45, 7) is 19.1. The Morgan fingerprint density at radius 2 is 0.632 bits per heavy atom. The van der Waals surface area contributed by atoms with Gasteiger partial charge in [0, 0.05) is 81.0 Å². The average molecular weight is 2060 g/mol. The molecule has 0 amide bonds. The Balaban J connectivity index is 0.000000220. The maximum absolute atomic E-state index is 12.6. The summed E-state index contributed by atoms with van der Waals surface area (Å²) in [6, 6.07) is 31.4. The fourth-order valence-electron chi connectivity index (χ4n) is 9.68. The fraction of sp³-hybridized carbons (Fsp3) is 0.348. The molecule has 0 atom stereocenters. The molecule has 0 radical (unpaired) electrons. The molecule has 0 saturated heterocycles. The highest BCUT2D eigenvalue weighted by molar-refractivity contribution is 9.11. The Hall–Kier alpha value is -3.69. The quantitative estimate of drug-likeness (QED) is 0.0244. The number of benzene rings is 6. The fourth-order valence-corrected chi connectivity index (χ4v) is 23.0. The van der Waals surface area contributed by atoms with Crippen molar-refractivity contribution in [2.24, 2.45) is 0 Å². The number of nitrogens with one attached hydrogen (secondary N) is 3. The number of hydrogen-bond acceptors (Lipinski definition) is 30. The zero-order valence-corrected chi connectivity index (χ0v) is 79.3. The van der Waals surface area contributed by atoms with E-state index in [2.05, 4.69) is 106 Å². The van der Waals surface area contributed by atoms with Crippen LogP contribution in [0.5, 0.6) is 0 Å². The van der Waals surface area contributed by atoms with Crippen LogP contribution in [0.1, 0.15) is 116 Å². The number of halogens is 6. The van der Waals surface area contributed by atoms with E-state index in [0.717, 1.165) is 37.5 Å². The lowest BCUT2D eigenvalue weighted by Crippen LogP contribution is -2.39. The van der Waals surface area contributed by atoms with Crippen molar-refractivity contribution in [1.29, 1.82) is 0 Å². The Morgan fingerprint density at radius 1 is 0.377 bits per heavy atom. The molecule has 0 fully saturated rings. The zero-order valence-electron chi connectivity index (χ0n) is 62.4. The maximum atomic E-state index is 12.6. The highest BCUT2D eigenvalue weighted by Crippen LogP contribution is 2.51. The highest BCUT2D eigenvalue weighted by Gasteiger charge is 2.37. The summed E-state index contributed by atoms with van der Waals surface area (Å²) in [6.07, 6.45) is 12.9. The first-order valence-electron chi connectivity index (χ1n) is 34.6. The third-order valence-electron chi connectivity index (χ3n) is 15.1. The molecule has 624 valence electrons. The molecule has 6 heterocycles. The predicted octanol–water partition coefficient (Wildman–Crippen LogP) is 17.0. The van der Waals surface area contributed by atoms with Crippen LogP contribution in [-0.2, 0) is 91.2 Å². The molecule has 3 aliphatic heterocycles. The van der Waals surface area contributed by atoms with Gasteiger partial charge in [0.15, 0.2) is 48.0 Å². The molecule has 0 spiro atoms. The summed E-state index contributed by atoms with van der Waals surface area (Å²) in [5.41, 5.74) is 10.4. The van der Waals surface area contributed by atoms with Gasteiger partial charge in [0.05, 0.1) is 50.4 Å². The second-order valence-corrected chi connectivity index (χ2v) is 43.4. The minimum absolute atomic E-state index is 0.285. The molecule has 9 aromatic rings. The SMILES string of the molecule is CCCC.CCCC.CCCC.CCNOS(=O)(=O)CN1C(=Cc2sc3ccc(Br)cc3[n+]2CS(=O)(=O)[O-])Sc2ccc(Br)cc21.CCNOS(=O)(=O)CN1C(=Cc2sc3ccc(Br)cc3[n+]2CS(=O)(=O)[O-])Sc2ccc(Cl)cc21.CCNOS(=O)(=O)CN1C(=Cc2sc3ccc(Cl)cc3[n+]2CS(=O)(=O)[O-])Sc2ccc(Cl)cc21. The largest absolute Gasteiger partial charge is 0.743 e. The first kappa shape index (κ1) is 97.4. The maximum Gasteiger partial charge on any atom is 0.302 e. The van der Waals surface area contributed by atoms with Crippen LogP contribution < -0.4 is 44.8 Å².